The van der Waals surface area contributed by atoms with Gasteiger partial charge in [-0.15, -0.1) is 0 Å². The zero-order chi connectivity index (χ0) is 23.1. The Labute approximate surface area is 199 Å². The first-order valence-corrected chi connectivity index (χ1v) is 15.0. The molecule has 166 valence electrons. The van der Waals surface area contributed by atoms with E-state index >= 15 is 0 Å². The molecule has 1 aliphatic rings. The van der Waals surface area contributed by atoms with E-state index in [9.17, 15) is 0 Å². The van der Waals surface area contributed by atoms with Gasteiger partial charge in [-0.25, -0.2) is 0 Å². The molecule has 0 heterocycles. The van der Waals surface area contributed by atoms with Crippen molar-refractivity contribution in [1.82, 2.24) is 0 Å². The summed E-state index contributed by atoms with van der Waals surface area (Å²) in [5, 5.41) is 2.32. The molecule has 32 heavy (non-hydrogen) atoms. The van der Waals surface area contributed by atoms with Crippen molar-refractivity contribution in [2.24, 2.45) is 0 Å². The van der Waals surface area contributed by atoms with Gasteiger partial charge in [-0.3, -0.25) is 0 Å². The maximum atomic E-state index is 6.63. The molecular formula is C29H33ClOSi. The van der Waals surface area contributed by atoms with Crippen LogP contribution in [-0.4, -0.2) is 14.7 Å². The number of rotatable bonds is 6. The molecule has 3 heteroatoms. The molecule has 0 aliphatic heterocycles. The molecule has 3 aromatic rings. The fraction of sp³-hybridized carbons (Fsp3) is 0.310. The molecule has 4 rings (SSSR count). The molecule has 0 unspecified atom stereocenters. The number of fused-ring (bicyclic) bond motifs is 3. The van der Waals surface area contributed by atoms with Crippen LogP contribution in [0.1, 0.15) is 43.0 Å². The fourth-order valence-corrected chi connectivity index (χ4v) is 8.25. The summed E-state index contributed by atoms with van der Waals surface area (Å²) in [6.07, 6.45) is 2.84. The minimum absolute atomic E-state index is 0.0580. The molecule has 0 radical (unpaired) electrons. The molecule has 1 nitrogen and oxygen atoms in total. The average Bonchev–Trinajstić information content (AvgIpc) is 3.10. The van der Waals surface area contributed by atoms with Gasteiger partial charge in [-0.05, 0) is 57.8 Å². The van der Waals surface area contributed by atoms with Crippen LogP contribution in [0.25, 0.3) is 11.1 Å². The first-order valence-electron chi connectivity index (χ1n) is 11.4. The van der Waals surface area contributed by atoms with E-state index in [1.54, 1.807) is 0 Å². The third-order valence-electron chi connectivity index (χ3n) is 6.50. The van der Waals surface area contributed by atoms with Gasteiger partial charge in [0, 0.05) is 10.6 Å². The second-order valence-electron chi connectivity index (χ2n) is 10.5. The molecule has 0 N–H and O–H groups in total. The van der Waals surface area contributed by atoms with Crippen LogP contribution in [0.3, 0.4) is 0 Å². The van der Waals surface area contributed by atoms with Crippen LogP contribution in [0.2, 0.25) is 18.1 Å². The Bertz CT molecular complexity index is 1170. The lowest BCUT2D eigenvalue weighted by Gasteiger charge is -2.30. The molecule has 3 aromatic carbocycles. The van der Waals surface area contributed by atoms with Crippen molar-refractivity contribution in [3.05, 3.63) is 94.5 Å². The van der Waals surface area contributed by atoms with E-state index < -0.39 is 8.07 Å². The average molecular weight is 461 g/mol. The topological polar surface area (TPSA) is 9.23 Å². The predicted molar refractivity (Wildman–Crippen MR) is 141 cm³/mol. The highest BCUT2D eigenvalue weighted by atomic mass is 35.5. The van der Waals surface area contributed by atoms with E-state index in [4.69, 9.17) is 16.3 Å². The monoisotopic (exact) mass is 460 g/mol. The second kappa shape index (κ2) is 8.57. The van der Waals surface area contributed by atoms with Crippen LogP contribution in [0.15, 0.2) is 67.3 Å². The van der Waals surface area contributed by atoms with Gasteiger partial charge >= 0.3 is 0 Å². The molecule has 0 saturated carbocycles. The molecular weight excluding hydrogens is 428 g/mol. The highest BCUT2D eigenvalue weighted by molar-refractivity contribution is 6.89. The van der Waals surface area contributed by atoms with Crippen molar-refractivity contribution in [2.45, 2.75) is 51.7 Å². The first-order chi connectivity index (χ1) is 15.1. The standard InChI is InChI=1S/C29H33ClOSi/c1-7-15-31-28-21(16-22(30)18-26(28)29(2,3)4)19-32(5,6)27-14-10-13-24-23-12-9-8-11-20(23)17-25(24)27/h7-14,16,18H,1,15,17,19H2,2-6H3. The number of hydrogen-bond donors (Lipinski definition) is 0. The van der Waals surface area contributed by atoms with Gasteiger partial charge in [0.15, 0.2) is 0 Å². The highest BCUT2D eigenvalue weighted by Crippen LogP contribution is 2.40. The second-order valence-corrected chi connectivity index (χ2v) is 15.6. The Hall–Kier alpha value is -2.29. The largest absolute Gasteiger partial charge is 0.489 e. The van der Waals surface area contributed by atoms with Crippen LogP contribution < -0.4 is 9.92 Å². The smallest absolute Gasteiger partial charge is 0.126 e. The minimum Gasteiger partial charge on any atom is -0.489 e. The fourth-order valence-electron chi connectivity index (χ4n) is 5.01. The summed E-state index contributed by atoms with van der Waals surface area (Å²) >= 11 is 6.63. The van der Waals surface area contributed by atoms with Crippen molar-refractivity contribution in [3.63, 3.8) is 0 Å². The lowest BCUT2D eigenvalue weighted by atomic mass is 9.85. The van der Waals surface area contributed by atoms with Gasteiger partial charge in [0.2, 0.25) is 0 Å². The summed E-state index contributed by atoms with van der Waals surface area (Å²) in [5.74, 6) is 0.984. The molecule has 0 aromatic heterocycles. The van der Waals surface area contributed by atoms with Gasteiger partial charge < -0.3 is 4.74 Å². The van der Waals surface area contributed by atoms with Gasteiger partial charge in [0.05, 0.1) is 8.07 Å². The summed E-state index contributed by atoms with van der Waals surface area (Å²) in [4.78, 5) is 0. The van der Waals surface area contributed by atoms with Crippen molar-refractivity contribution >= 4 is 24.9 Å². The van der Waals surface area contributed by atoms with Gasteiger partial charge in [0.25, 0.3) is 0 Å². The number of halogens is 1. The van der Waals surface area contributed by atoms with Crippen molar-refractivity contribution in [1.29, 1.82) is 0 Å². The van der Waals surface area contributed by atoms with E-state index in [2.05, 4.69) is 95.0 Å². The third kappa shape index (κ3) is 4.31. The van der Waals surface area contributed by atoms with Crippen LogP contribution >= 0.6 is 11.6 Å². The molecule has 0 spiro atoms. The third-order valence-corrected chi connectivity index (χ3v) is 9.91. The maximum Gasteiger partial charge on any atom is 0.126 e. The van der Waals surface area contributed by atoms with Crippen LogP contribution in [0, 0.1) is 0 Å². The van der Waals surface area contributed by atoms with Crippen molar-refractivity contribution < 1.29 is 4.74 Å². The number of hydrogen-bond acceptors (Lipinski definition) is 1. The Balaban J connectivity index is 1.78. The Morgan fingerprint density at radius 3 is 2.47 bits per heavy atom. The van der Waals surface area contributed by atoms with Crippen LogP contribution in [-0.2, 0) is 17.9 Å². The van der Waals surface area contributed by atoms with E-state index in [1.807, 2.05) is 6.08 Å². The zero-order valence-corrected chi connectivity index (χ0v) is 21.6. The Morgan fingerprint density at radius 2 is 1.75 bits per heavy atom. The van der Waals surface area contributed by atoms with E-state index in [1.165, 1.54) is 33.0 Å². The predicted octanol–water partition coefficient (Wildman–Crippen LogP) is 7.47. The minimum atomic E-state index is -1.86. The molecule has 0 amide bonds. The number of ether oxygens (including phenoxy) is 1. The van der Waals surface area contributed by atoms with Crippen LogP contribution in [0.4, 0.5) is 0 Å². The summed E-state index contributed by atoms with van der Waals surface area (Å²) in [7, 11) is -1.86. The lowest BCUT2D eigenvalue weighted by Crippen LogP contribution is -2.46. The Kier molecular flexibility index (Phi) is 6.13. The maximum absolute atomic E-state index is 6.63. The SMILES string of the molecule is C=CCOc1c(C[Si](C)(C)c2cccc3c2Cc2ccccc2-3)cc(Cl)cc1C(C)(C)C. The van der Waals surface area contributed by atoms with Crippen molar-refractivity contribution in [3.8, 4) is 16.9 Å². The lowest BCUT2D eigenvalue weighted by molar-refractivity contribution is 0.348. The van der Waals surface area contributed by atoms with Crippen LogP contribution in [0.5, 0.6) is 5.75 Å². The van der Waals surface area contributed by atoms with Gasteiger partial charge in [-0.1, -0.05) is 106 Å². The quantitative estimate of drug-likeness (QED) is 0.214. The summed E-state index contributed by atoms with van der Waals surface area (Å²) < 4.78 is 6.27. The summed E-state index contributed by atoms with van der Waals surface area (Å²) in [6, 6.07) is 20.9. The van der Waals surface area contributed by atoms with Crippen molar-refractivity contribution in [2.75, 3.05) is 6.61 Å². The normalized spacial score (nSPS) is 12.9. The molecule has 1 aliphatic carbocycles. The molecule has 0 saturated heterocycles. The summed E-state index contributed by atoms with van der Waals surface area (Å²) in [6.45, 7) is 15.9. The van der Waals surface area contributed by atoms with Gasteiger partial charge in [-0.2, -0.15) is 0 Å². The van der Waals surface area contributed by atoms with E-state index in [0.29, 0.717) is 6.61 Å². The molecule has 0 fully saturated rings. The number of benzene rings is 3. The molecule has 0 bridgehead atoms. The van der Waals surface area contributed by atoms with Gasteiger partial charge in [0.1, 0.15) is 12.4 Å². The van der Waals surface area contributed by atoms with E-state index in [-0.39, 0.29) is 5.41 Å². The summed E-state index contributed by atoms with van der Waals surface area (Å²) in [5.41, 5.74) is 8.07. The molecule has 0 atom stereocenters. The first kappa shape index (κ1) is 22.9. The Morgan fingerprint density at radius 1 is 1.03 bits per heavy atom. The zero-order valence-electron chi connectivity index (χ0n) is 19.9. The van der Waals surface area contributed by atoms with E-state index in [0.717, 1.165) is 28.8 Å². The highest BCUT2D eigenvalue weighted by Gasteiger charge is 2.33.